The van der Waals surface area contributed by atoms with Crippen LogP contribution < -0.4 is 0 Å². The van der Waals surface area contributed by atoms with Gasteiger partial charge in [-0.2, -0.15) is 0 Å². The highest BCUT2D eigenvalue weighted by atomic mass is 16.5. The summed E-state index contributed by atoms with van der Waals surface area (Å²) in [5, 5.41) is 10.2. The Morgan fingerprint density at radius 1 is 1.22 bits per heavy atom. The molecule has 124 valence electrons. The summed E-state index contributed by atoms with van der Waals surface area (Å²) in [4.78, 5) is 6.87. The molecule has 1 N–H and O–H groups in total. The van der Waals surface area contributed by atoms with Crippen molar-refractivity contribution in [2.45, 2.75) is 39.6 Å². The molecule has 5 nitrogen and oxygen atoms in total. The van der Waals surface area contributed by atoms with Gasteiger partial charge < -0.3 is 14.4 Å². The fraction of sp³-hybridized carbons (Fsp3) is 0.500. The van der Waals surface area contributed by atoms with E-state index in [-0.39, 0.29) is 0 Å². The number of imidazole rings is 1. The lowest BCUT2D eigenvalue weighted by Gasteiger charge is -2.29. The summed E-state index contributed by atoms with van der Waals surface area (Å²) < 4.78 is 7.90. The first kappa shape index (κ1) is 16.2. The number of hydrogen-bond acceptors (Lipinski definition) is 4. The molecule has 0 radical (unpaired) electrons. The highest BCUT2D eigenvalue weighted by Gasteiger charge is 2.21. The Morgan fingerprint density at radius 3 is 2.78 bits per heavy atom. The van der Waals surface area contributed by atoms with E-state index < -0.39 is 6.10 Å². The van der Waals surface area contributed by atoms with Gasteiger partial charge in [0.1, 0.15) is 5.82 Å². The fourth-order valence-electron chi connectivity index (χ4n) is 3.06. The lowest BCUT2D eigenvalue weighted by Crippen LogP contribution is -2.40. The van der Waals surface area contributed by atoms with Gasteiger partial charge in [0.05, 0.1) is 31.6 Å². The number of β-amino-alcohol motifs (C(OH)–C–C–N with tert-alkyl or cyclic N) is 1. The quantitative estimate of drug-likeness (QED) is 0.884. The molecule has 1 aromatic carbocycles. The van der Waals surface area contributed by atoms with Gasteiger partial charge in [-0.05, 0) is 19.4 Å². The largest absolute Gasteiger partial charge is 0.389 e. The van der Waals surface area contributed by atoms with E-state index in [1.54, 1.807) is 0 Å². The van der Waals surface area contributed by atoms with Crippen LogP contribution in [0.2, 0.25) is 0 Å². The topological polar surface area (TPSA) is 50.5 Å². The molecular weight excluding hydrogens is 290 g/mol. The van der Waals surface area contributed by atoms with Gasteiger partial charge in [-0.1, -0.05) is 30.3 Å². The van der Waals surface area contributed by atoms with E-state index in [9.17, 15) is 5.11 Å². The van der Waals surface area contributed by atoms with Gasteiger partial charge >= 0.3 is 0 Å². The first-order chi connectivity index (χ1) is 11.1. The predicted octanol–water partition coefficient (Wildman–Crippen LogP) is 1.89. The van der Waals surface area contributed by atoms with E-state index in [0.29, 0.717) is 19.8 Å². The van der Waals surface area contributed by atoms with E-state index in [1.165, 1.54) is 5.69 Å². The second-order valence-corrected chi connectivity index (χ2v) is 6.24. The van der Waals surface area contributed by atoms with Crippen molar-refractivity contribution in [1.82, 2.24) is 14.5 Å². The third kappa shape index (κ3) is 3.99. The van der Waals surface area contributed by atoms with E-state index in [1.807, 2.05) is 30.3 Å². The van der Waals surface area contributed by atoms with Crippen molar-refractivity contribution < 1.29 is 9.84 Å². The number of rotatable bonds is 6. The Morgan fingerprint density at radius 2 is 2.00 bits per heavy atom. The second-order valence-electron chi connectivity index (χ2n) is 6.24. The molecule has 0 spiro atoms. The van der Waals surface area contributed by atoms with Crippen molar-refractivity contribution in [2.24, 2.45) is 0 Å². The number of nitrogens with zero attached hydrogens (tertiary/aromatic N) is 3. The molecule has 0 amide bonds. The fourth-order valence-corrected chi connectivity index (χ4v) is 3.06. The van der Waals surface area contributed by atoms with E-state index >= 15 is 0 Å². The van der Waals surface area contributed by atoms with Crippen LogP contribution in [0.3, 0.4) is 0 Å². The third-order valence-corrected chi connectivity index (χ3v) is 4.43. The Kier molecular flexibility index (Phi) is 5.10. The van der Waals surface area contributed by atoms with Crippen LogP contribution in [0.4, 0.5) is 0 Å². The van der Waals surface area contributed by atoms with Crippen LogP contribution in [0, 0.1) is 13.8 Å². The van der Waals surface area contributed by atoms with Crippen molar-refractivity contribution in [3.63, 3.8) is 0 Å². The maximum atomic E-state index is 10.2. The summed E-state index contributed by atoms with van der Waals surface area (Å²) in [5.74, 6) is 1.10. The highest BCUT2D eigenvalue weighted by molar-refractivity contribution is 5.15. The van der Waals surface area contributed by atoms with Gasteiger partial charge in [0.25, 0.3) is 0 Å². The smallest absolute Gasteiger partial charge is 0.123 e. The molecule has 0 aliphatic carbocycles. The molecule has 23 heavy (non-hydrogen) atoms. The molecule has 0 saturated carbocycles. The molecule has 3 rings (SSSR count). The van der Waals surface area contributed by atoms with Crippen LogP contribution >= 0.6 is 0 Å². The molecule has 5 heteroatoms. The Labute approximate surface area is 137 Å². The molecule has 1 aliphatic heterocycles. The van der Waals surface area contributed by atoms with Crippen LogP contribution in [0.15, 0.2) is 30.3 Å². The van der Waals surface area contributed by atoms with Crippen LogP contribution in [0.5, 0.6) is 0 Å². The molecule has 0 fully saturated rings. The lowest BCUT2D eigenvalue weighted by atomic mass is 10.2. The molecular formula is C18H25N3O2. The van der Waals surface area contributed by atoms with Crippen molar-refractivity contribution in [1.29, 1.82) is 0 Å². The zero-order chi connectivity index (χ0) is 16.2. The number of fused-ring (bicyclic) bond motifs is 1. The minimum absolute atomic E-state index is 0.359. The average molecular weight is 315 g/mol. The Bertz CT molecular complexity index is 639. The molecule has 0 unspecified atom stereocenters. The summed E-state index contributed by atoms with van der Waals surface area (Å²) >= 11 is 0. The number of hydrogen-bond donors (Lipinski definition) is 1. The van der Waals surface area contributed by atoms with Crippen molar-refractivity contribution in [2.75, 3.05) is 19.7 Å². The van der Waals surface area contributed by atoms with Crippen molar-refractivity contribution in [3.8, 4) is 0 Å². The average Bonchev–Trinajstić information content (AvgIpc) is 2.82. The Hall–Kier alpha value is -1.69. The van der Waals surface area contributed by atoms with Gasteiger partial charge in [-0.25, -0.2) is 4.98 Å². The second kappa shape index (κ2) is 7.25. The number of aryl methyl sites for hydroxylation is 1. The zero-order valence-corrected chi connectivity index (χ0v) is 13.9. The number of benzene rings is 1. The first-order valence-corrected chi connectivity index (χ1v) is 8.18. The normalized spacial score (nSPS) is 16.3. The standard InChI is InChI=1S/C18H25N3O2/c1-14-15(2)21-9-8-20(11-18(21)19-14)10-17(22)13-23-12-16-6-4-3-5-7-16/h3-7,17,22H,8-13H2,1-2H3/t17-/m1/s1. The summed E-state index contributed by atoms with van der Waals surface area (Å²) in [6.45, 7) is 8.38. The lowest BCUT2D eigenvalue weighted by molar-refractivity contribution is 0.00537. The van der Waals surface area contributed by atoms with Gasteiger partial charge in [-0.15, -0.1) is 0 Å². The number of aromatic nitrogens is 2. The Balaban J connectivity index is 1.44. The van der Waals surface area contributed by atoms with E-state index in [4.69, 9.17) is 4.74 Å². The van der Waals surface area contributed by atoms with Crippen LogP contribution in [-0.4, -0.2) is 45.4 Å². The molecule has 1 aliphatic rings. The van der Waals surface area contributed by atoms with Gasteiger partial charge in [-0.3, -0.25) is 4.90 Å². The molecule has 2 heterocycles. The molecule has 1 atom stereocenters. The van der Waals surface area contributed by atoms with Crippen LogP contribution in [-0.2, 0) is 24.4 Å². The first-order valence-electron chi connectivity index (χ1n) is 8.18. The number of aliphatic hydroxyl groups excluding tert-OH is 1. The third-order valence-electron chi connectivity index (χ3n) is 4.43. The van der Waals surface area contributed by atoms with Gasteiger partial charge in [0.2, 0.25) is 0 Å². The molecule has 2 aromatic rings. The molecule has 1 aromatic heterocycles. The minimum Gasteiger partial charge on any atom is -0.389 e. The summed E-state index contributed by atoms with van der Waals surface area (Å²) in [5.41, 5.74) is 3.49. The van der Waals surface area contributed by atoms with Crippen molar-refractivity contribution in [3.05, 3.63) is 53.1 Å². The summed E-state index contributed by atoms with van der Waals surface area (Å²) in [6, 6.07) is 10.0. The maximum Gasteiger partial charge on any atom is 0.123 e. The zero-order valence-electron chi connectivity index (χ0n) is 13.9. The monoisotopic (exact) mass is 315 g/mol. The SMILES string of the molecule is Cc1nc2n(c1C)CCN(C[C@@H](O)COCc1ccccc1)C2. The number of ether oxygens (including phenoxy) is 1. The minimum atomic E-state index is -0.470. The summed E-state index contributed by atoms with van der Waals surface area (Å²) in [6.07, 6.45) is -0.470. The maximum absolute atomic E-state index is 10.2. The van der Waals surface area contributed by atoms with Crippen molar-refractivity contribution >= 4 is 0 Å². The van der Waals surface area contributed by atoms with Gasteiger partial charge in [0.15, 0.2) is 0 Å². The van der Waals surface area contributed by atoms with Gasteiger partial charge in [0, 0.05) is 25.3 Å². The van der Waals surface area contributed by atoms with E-state index in [2.05, 4.69) is 28.3 Å². The molecule has 0 saturated heterocycles. The predicted molar refractivity (Wildman–Crippen MR) is 89.1 cm³/mol. The molecule has 0 bridgehead atoms. The number of aliphatic hydroxyl groups is 1. The van der Waals surface area contributed by atoms with Crippen LogP contribution in [0.1, 0.15) is 22.8 Å². The van der Waals surface area contributed by atoms with E-state index in [0.717, 1.165) is 36.7 Å². The highest BCUT2D eigenvalue weighted by Crippen LogP contribution is 2.17. The van der Waals surface area contributed by atoms with Crippen LogP contribution in [0.25, 0.3) is 0 Å². The summed E-state index contributed by atoms with van der Waals surface area (Å²) in [7, 11) is 0.